The van der Waals surface area contributed by atoms with Crippen LogP contribution in [0.2, 0.25) is 0 Å². The first-order valence-corrected chi connectivity index (χ1v) is 5.84. The van der Waals surface area contributed by atoms with Crippen molar-refractivity contribution in [1.29, 1.82) is 0 Å². The quantitative estimate of drug-likeness (QED) is 0.593. The molecule has 0 heterocycles. The fourth-order valence-corrected chi connectivity index (χ4v) is 1.18. The maximum Gasteiger partial charge on any atom is 0.333 e. The van der Waals surface area contributed by atoms with Gasteiger partial charge in [0.1, 0.15) is 25.1 Å². The molecule has 0 saturated carbocycles. The van der Waals surface area contributed by atoms with Crippen LogP contribution < -0.4 is 4.74 Å². The second-order valence-electron chi connectivity index (χ2n) is 3.83. The van der Waals surface area contributed by atoms with E-state index in [1.54, 1.807) is 12.1 Å². The normalized spacial score (nSPS) is 11.7. The lowest BCUT2D eigenvalue weighted by Gasteiger charge is -2.13. The van der Waals surface area contributed by atoms with Crippen molar-refractivity contribution in [1.82, 2.24) is 0 Å². The number of hydrogen-bond donors (Lipinski definition) is 1. The summed E-state index contributed by atoms with van der Waals surface area (Å²) in [7, 11) is 0. The number of esters is 1. The van der Waals surface area contributed by atoms with Gasteiger partial charge in [-0.15, -0.1) is 0 Å². The molecule has 98 valence electrons. The monoisotopic (exact) mass is 250 g/mol. The molecule has 1 atom stereocenters. The van der Waals surface area contributed by atoms with Crippen LogP contribution in [0.4, 0.5) is 0 Å². The molecule has 0 spiro atoms. The number of hydrogen-bond acceptors (Lipinski definition) is 4. The van der Waals surface area contributed by atoms with E-state index in [1.165, 1.54) is 0 Å². The third-order valence-corrected chi connectivity index (χ3v) is 2.31. The number of aliphatic hydroxyl groups is 1. The number of carbonyl (C=O) groups excluding carboxylic acids is 1. The second kappa shape index (κ2) is 7.50. The minimum atomic E-state index is -0.848. The summed E-state index contributed by atoms with van der Waals surface area (Å²) < 4.78 is 10.2. The molecule has 0 bridgehead atoms. The van der Waals surface area contributed by atoms with E-state index in [2.05, 4.69) is 6.58 Å². The van der Waals surface area contributed by atoms with Gasteiger partial charge in [0.15, 0.2) is 0 Å². The first kappa shape index (κ1) is 14.3. The van der Waals surface area contributed by atoms with Gasteiger partial charge in [-0.1, -0.05) is 31.7 Å². The Kier molecular flexibility index (Phi) is 5.94. The Morgan fingerprint density at radius 2 is 2.00 bits per heavy atom. The SMILES string of the molecule is C=C(CC)C(=O)OCC(O)COc1ccccc1. The molecule has 1 N–H and O–H groups in total. The molecule has 0 fully saturated rings. The molecule has 0 radical (unpaired) electrons. The van der Waals surface area contributed by atoms with Crippen LogP contribution in [-0.2, 0) is 9.53 Å². The number of carbonyl (C=O) groups is 1. The lowest BCUT2D eigenvalue weighted by atomic mass is 10.2. The molecule has 0 amide bonds. The fraction of sp³-hybridized carbons (Fsp3) is 0.357. The van der Waals surface area contributed by atoms with Crippen LogP contribution in [0.1, 0.15) is 13.3 Å². The Morgan fingerprint density at radius 3 is 2.61 bits per heavy atom. The number of rotatable bonds is 7. The standard InChI is InChI=1S/C14H18O4/c1-3-11(2)14(16)18-10-12(15)9-17-13-7-5-4-6-8-13/h4-8,12,15H,2-3,9-10H2,1H3. The van der Waals surface area contributed by atoms with Crippen LogP contribution in [0.3, 0.4) is 0 Å². The zero-order chi connectivity index (χ0) is 13.4. The van der Waals surface area contributed by atoms with E-state index >= 15 is 0 Å². The Balaban J connectivity index is 2.24. The molecule has 18 heavy (non-hydrogen) atoms. The molecule has 0 aromatic heterocycles. The zero-order valence-electron chi connectivity index (χ0n) is 10.5. The van der Waals surface area contributed by atoms with Crippen molar-refractivity contribution in [3.8, 4) is 5.75 Å². The lowest BCUT2D eigenvalue weighted by molar-refractivity contribution is -0.142. The van der Waals surface area contributed by atoms with E-state index < -0.39 is 12.1 Å². The molecular weight excluding hydrogens is 232 g/mol. The Labute approximate surface area is 107 Å². The minimum absolute atomic E-state index is 0.0793. The summed E-state index contributed by atoms with van der Waals surface area (Å²) >= 11 is 0. The fourth-order valence-electron chi connectivity index (χ4n) is 1.18. The van der Waals surface area contributed by atoms with E-state index in [9.17, 15) is 9.90 Å². The van der Waals surface area contributed by atoms with Gasteiger partial charge in [-0.2, -0.15) is 0 Å². The van der Waals surface area contributed by atoms with E-state index in [-0.39, 0.29) is 13.2 Å². The van der Waals surface area contributed by atoms with Crippen molar-refractivity contribution in [3.63, 3.8) is 0 Å². The molecular formula is C14H18O4. The van der Waals surface area contributed by atoms with Gasteiger partial charge in [0.25, 0.3) is 0 Å². The van der Waals surface area contributed by atoms with E-state index in [0.717, 1.165) is 0 Å². The number of ether oxygens (including phenoxy) is 2. The molecule has 0 aliphatic heterocycles. The molecule has 4 nitrogen and oxygen atoms in total. The third-order valence-electron chi connectivity index (χ3n) is 2.31. The molecule has 1 unspecified atom stereocenters. The van der Waals surface area contributed by atoms with Crippen molar-refractivity contribution < 1.29 is 19.4 Å². The van der Waals surface area contributed by atoms with Crippen LogP contribution >= 0.6 is 0 Å². The molecule has 1 aromatic carbocycles. The minimum Gasteiger partial charge on any atom is -0.491 e. The summed E-state index contributed by atoms with van der Waals surface area (Å²) in [5.41, 5.74) is 0.395. The highest BCUT2D eigenvalue weighted by Crippen LogP contribution is 2.08. The maximum absolute atomic E-state index is 11.3. The predicted molar refractivity (Wildman–Crippen MR) is 68.3 cm³/mol. The number of aliphatic hydroxyl groups excluding tert-OH is 1. The van der Waals surface area contributed by atoms with Crippen LogP contribution in [0.5, 0.6) is 5.75 Å². The summed E-state index contributed by atoms with van der Waals surface area (Å²) in [5, 5.41) is 9.58. The van der Waals surface area contributed by atoms with Crippen molar-refractivity contribution in [2.45, 2.75) is 19.4 Å². The Bertz CT molecular complexity index is 386. The average molecular weight is 250 g/mol. The van der Waals surface area contributed by atoms with Gasteiger partial charge in [0, 0.05) is 5.57 Å². The molecule has 1 rings (SSSR count). The summed E-state index contributed by atoms with van der Waals surface area (Å²) in [4.78, 5) is 11.3. The van der Waals surface area contributed by atoms with Gasteiger partial charge < -0.3 is 14.6 Å². The summed E-state index contributed by atoms with van der Waals surface area (Å²) in [6.07, 6.45) is -0.311. The van der Waals surface area contributed by atoms with Crippen molar-refractivity contribution >= 4 is 5.97 Å². The van der Waals surface area contributed by atoms with Crippen molar-refractivity contribution in [2.75, 3.05) is 13.2 Å². The van der Waals surface area contributed by atoms with E-state index in [1.807, 2.05) is 25.1 Å². The van der Waals surface area contributed by atoms with Crippen LogP contribution in [0, 0.1) is 0 Å². The van der Waals surface area contributed by atoms with Gasteiger partial charge in [-0.3, -0.25) is 0 Å². The second-order valence-corrected chi connectivity index (χ2v) is 3.83. The lowest BCUT2D eigenvalue weighted by Crippen LogP contribution is -2.25. The van der Waals surface area contributed by atoms with Crippen molar-refractivity contribution in [3.05, 3.63) is 42.5 Å². The first-order valence-electron chi connectivity index (χ1n) is 5.84. The topological polar surface area (TPSA) is 55.8 Å². The number of para-hydroxylation sites is 1. The molecule has 1 aromatic rings. The van der Waals surface area contributed by atoms with Gasteiger partial charge >= 0.3 is 5.97 Å². The van der Waals surface area contributed by atoms with Gasteiger partial charge in [-0.05, 0) is 18.6 Å². The largest absolute Gasteiger partial charge is 0.491 e. The molecule has 0 aliphatic carbocycles. The third kappa shape index (κ3) is 5.01. The average Bonchev–Trinajstić information content (AvgIpc) is 2.42. The molecule has 0 aliphatic rings. The summed E-state index contributed by atoms with van der Waals surface area (Å²) in [5.74, 6) is 0.192. The van der Waals surface area contributed by atoms with Gasteiger partial charge in [0.2, 0.25) is 0 Å². The zero-order valence-corrected chi connectivity index (χ0v) is 10.5. The summed E-state index contributed by atoms with van der Waals surface area (Å²) in [6, 6.07) is 9.14. The molecule has 4 heteroatoms. The van der Waals surface area contributed by atoms with Crippen LogP contribution in [0.15, 0.2) is 42.5 Å². The summed E-state index contributed by atoms with van der Waals surface area (Å²) in [6.45, 7) is 5.36. The smallest absolute Gasteiger partial charge is 0.333 e. The number of benzene rings is 1. The van der Waals surface area contributed by atoms with Crippen molar-refractivity contribution in [2.24, 2.45) is 0 Å². The highest BCUT2D eigenvalue weighted by atomic mass is 16.5. The van der Waals surface area contributed by atoms with Gasteiger partial charge in [0.05, 0.1) is 0 Å². The molecule has 0 saturated heterocycles. The Morgan fingerprint density at radius 1 is 1.33 bits per heavy atom. The van der Waals surface area contributed by atoms with E-state index in [0.29, 0.717) is 17.7 Å². The highest BCUT2D eigenvalue weighted by molar-refractivity contribution is 5.87. The highest BCUT2D eigenvalue weighted by Gasteiger charge is 2.11. The maximum atomic E-state index is 11.3. The predicted octanol–water partition coefficient (Wildman–Crippen LogP) is 1.94. The van der Waals surface area contributed by atoms with Crippen LogP contribution in [0.25, 0.3) is 0 Å². The van der Waals surface area contributed by atoms with E-state index in [4.69, 9.17) is 9.47 Å². The Hall–Kier alpha value is -1.81. The van der Waals surface area contributed by atoms with Gasteiger partial charge in [-0.25, -0.2) is 4.79 Å². The first-order chi connectivity index (χ1) is 8.63. The van der Waals surface area contributed by atoms with Crippen LogP contribution in [-0.4, -0.2) is 30.4 Å².